The normalized spacial score (nSPS) is 15.7. The van der Waals surface area contributed by atoms with Crippen LogP contribution >= 0.6 is 0 Å². The van der Waals surface area contributed by atoms with Crippen LogP contribution in [-0.4, -0.2) is 227 Å². The van der Waals surface area contributed by atoms with Gasteiger partial charge in [0, 0.05) is 45.0 Å². The summed E-state index contributed by atoms with van der Waals surface area (Å²) in [5.74, 6) is -15.4. The van der Waals surface area contributed by atoms with Gasteiger partial charge >= 0.3 is 11.9 Å². The number of primary amides is 1. The van der Waals surface area contributed by atoms with Crippen molar-refractivity contribution in [3.8, 4) is 11.5 Å². The Labute approximate surface area is 591 Å². The Morgan fingerprint density at radius 3 is 1.63 bits per heavy atom. The summed E-state index contributed by atoms with van der Waals surface area (Å²) < 4.78 is 0. The molecule has 1 aliphatic heterocycles. The number of imidazole rings is 1. The van der Waals surface area contributed by atoms with E-state index in [0.717, 1.165) is 11.8 Å². The number of nitrogens with one attached hydrogen (secondary N) is 12. The number of carbonyl (C=O) groups is 13. The molecule has 37 heteroatoms. The number of H-pyrrole nitrogens is 1. The Morgan fingerprint density at radius 2 is 1.09 bits per heavy atom. The summed E-state index contributed by atoms with van der Waals surface area (Å²) in [6.45, 7) is 0.177. The minimum atomic E-state index is -2.11. The molecule has 37 nitrogen and oxygen atoms in total. The van der Waals surface area contributed by atoms with E-state index in [9.17, 15) is 93.0 Å². The van der Waals surface area contributed by atoms with Crippen molar-refractivity contribution in [2.24, 2.45) is 22.9 Å². The van der Waals surface area contributed by atoms with Crippen LogP contribution in [0.15, 0.2) is 91.4 Å². The molecule has 103 heavy (non-hydrogen) atoms. The Balaban J connectivity index is 1.35. The van der Waals surface area contributed by atoms with E-state index in [2.05, 4.69) is 63.1 Å². The SMILES string of the molecule is C[C@@H](O)[C@H](NC(=O)[C@@H]1CCCN1C(=O)[C@H](CCCCN)NC(=O)[C@H](CO)NC(=O)[C@@H](N)Cc1ccc(O)cc1)C(=O)N[C@@H](CC(=O)O)C(=O)N[C@@H](CCCNC(=N)N)C(=O)N[C@@H](CCC(N)=O)C(=O)N[C@@H](Cc1ccc(O)cc1)C(=O)N[C@@H](Cc1c[nH]cn1)C(=O)N[C@@H](Cc1ccccc1)C(=O)O. The van der Waals surface area contributed by atoms with Crippen LogP contribution in [0.2, 0.25) is 0 Å². The maximum absolute atomic E-state index is 14.6. The van der Waals surface area contributed by atoms with Gasteiger partial charge in [0.2, 0.25) is 65.0 Å². The Morgan fingerprint density at radius 1 is 0.592 bits per heavy atom. The van der Waals surface area contributed by atoms with Crippen molar-refractivity contribution in [2.45, 2.75) is 169 Å². The zero-order valence-electron chi connectivity index (χ0n) is 56.5. The van der Waals surface area contributed by atoms with Crippen molar-refractivity contribution in [1.82, 2.24) is 68.0 Å². The zero-order valence-corrected chi connectivity index (χ0v) is 56.5. The number of aromatic nitrogens is 2. The number of hydrogen-bond acceptors (Lipinski definition) is 21. The number of phenols is 2. The highest BCUT2D eigenvalue weighted by atomic mass is 16.4. The predicted octanol–water partition coefficient (Wildman–Crippen LogP) is -5.64. The van der Waals surface area contributed by atoms with Crippen LogP contribution in [-0.2, 0) is 88.0 Å². The van der Waals surface area contributed by atoms with Crippen molar-refractivity contribution in [3.05, 3.63) is 114 Å². The highest BCUT2D eigenvalue weighted by Crippen LogP contribution is 2.22. The molecular weight excluding hydrogens is 1350 g/mol. The molecule has 5 rings (SSSR count). The topological polar surface area (TPSA) is 623 Å². The smallest absolute Gasteiger partial charge is 0.326 e. The number of likely N-dealkylation sites (tertiary alicyclic amines) is 1. The van der Waals surface area contributed by atoms with Gasteiger partial charge in [-0.3, -0.25) is 62.9 Å². The molecular formula is C66H92N18O19. The number of carbonyl (C=O) groups excluding carboxylic acids is 11. The first-order valence-corrected chi connectivity index (χ1v) is 33.1. The number of aliphatic hydroxyl groups is 2. The molecule has 0 unspecified atom stereocenters. The summed E-state index contributed by atoms with van der Waals surface area (Å²) in [4.78, 5) is 187. The number of nitrogens with two attached hydrogens (primary N) is 4. The monoisotopic (exact) mass is 1440 g/mol. The van der Waals surface area contributed by atoms with Crippen molar-refractivity contribution < 1.29 is 93.0 Å². The second kappa shape index (κ2) is 41.4. The van der Waals surface area contributed by atoms with Gasteiger partial charge in [0.1, 0.15) is 71.9 Å². The number of nitrogens with zero attached hydrogens (tertiary/aromatic N) is 2. The van der Waals surface area contributed by atoms with Gasteiger partial charge in [-0.25, -0.2) is 9.78 Å². The minimum absolute atomic E-state index is 0.0124. The third-order valence-corrected chi connectivity index (χ3v) is 16.5. The molecule has 4 aromatic rings. The number of aromatic amines is 1. The number of aliphatic carboxylic acids is 2. The highest BCUT2D eigenvalue weighted by molar-refractivity contribution is 6.00. The van der Waals surface area contributed by atoms with Crippen LogP contribution < -0.4 is 76.1 Å². The largest absolute Gasteiger partial charge is 0.508 e. The first-order valence-electron chi connectivity index (χ1n) is 33.1. The van der Waals surface area contributed by atoms with E-state index < -0.39 is 181 Å². The predicted molar refractivity (Wildman–Crippen MR) is 365 cm³/mol. The number of phenolic OH excluding ortho intramolecular Hbond substituents is 2. The van der Waals surface area contributed by atoms with Crippen LogP contribution in [0.25, 0.3) is 0 Å². The lowest BCUT2D eigenvalue weighted by molar-refractivity contribution is -0.144. The van der Waals surface area contributed by atoms with Crippen LogP contribution in [0.3, 0.4) is 0 Å². The fourth-order valence-electron chi connectivity index (χ4n) is 10.9. The van der Waals surface area contributed by atoms with Crippen molar-refractivity contribution in [1.29, 1.82) is 5.41 Å². The number of hydrogen-bond donors (Lipinski definition) is 22. The Kier molecular flexibility index (Phi) is 33.1. The van der Waals surface area contributed by atoms with E-state index >= 15 is 0 Å². The summed E-state index contributed by atoms with van der Waals surface area (Å²) in [5.41, 5.74) is 24.5. The fraction of sp³-hybridized carbons (Fsp3) is 0.470. The molecule has 2 heterocycles. The number of unbranched alkanes of at least 4 members (excludes halogenated alkanes) is 1. The molecule has 0 spiro atoms. The van der Waals surface area contributed by atoms with Crippen LogP contribution in [0.4, 0.5) is 0 Å². The average Bonchev–Trinajstić information content (AvgIpc) is 1.74. The standard InChI is InChI=1S/C66H92N18O19/c1-35(86)54(83-62(99)51-13-8-26-84(51)64(101)45(11-5-6-24-67)77-61(98)50(33-85)82-55(92)42(68)27-37-14-18-40(87)19-15-37)63(100)80-48(31-53(90)91)60(97)75-43(12-7-25-73-66(70)71)56(93)76-44(22-23-52(69)89)57(94)78-46(28-38-16-20-41(88)21-17-38)58(95)79-47(30-39-32-72-34-74-39)59(96)81-49(65(102)103)29-36-9-3-2-4-10-36/h2-4,9-10,14-21,32,34-35,42-51,54,85-88H,5-8,11-13,22-31,33,67-68H2,1H3,(H2,69,89)(H,72,74)(H,75,97)(H,76,93)(H,77,98)(H,78,94)(H,79,95)(H,80,100)(H,81,96)(H,82,92)(H,83,99)(H,90,91)(H,102,103)(H4,70,71,73)/t35-,42+,43+,44+,45+,46+,47+,48+,49+,50+,51+,54+/m1/s1. The summed E-state index contributed by atoms with van der Waals surface area (Å²) in [6, 6.07) is 1.67. The number of rotatable bonds is 43. The summed E-state index contributed by atoms with van der Waals surface area (Å²) in [5, 5.41) is 92.9. The molecule has 26 N–H and O–H groups in total. The molecule has 0 aliphatic carbocycles. The first kappa shape index (κ1) is 82.4. The zero-order chi connectivity index (χ0) is 75.9. The van der Waals surface area contributed by atoms with Crippen LogP contribution in [0.1, 0.15) is 93.5 Å². The number of guanidine groups is 1. The number of carboxylic acid groups (broad SMARTS) is 2. The maximum atomic E-state index is 14.6. The van der Waals surface area contributed by atoms with Gasteiger partial charge < -0.3 is 117 Å². The van der Waals surface area contributed by atoms with Gasteiger partial charge in [-0.1, -0.05) is 54.6 Å². The Hall–Kier alpha value is -11.3. The molecule has 560 valence electrons. The van der Waals surface area contributed by atoms with E-state index in [4.69, 9.17) is 28.3 Å². The highest BCUT2D eigenvalue weighted by Gasteiger charge is 2.42. The van der Waals surface area contributed by atoms with Crippen LogP contribution in [0, 0.1) is 5.41 Å². The average molecular weight is 1440 g/mol. The second-order valence-corrected chi connectivity index (χ2v) is 24.6. The van der Waals surface area contributed by atoms with Crippen molar-refractivity contribution >= 4 is 82.9 Å². The number of aliphatic hydroxyl groups excluding tert-OH is 2. The number of amides is 11. The lowest BCUT2D eigenvalue weighted by Gasteiger charge is -2.31. The third-order valence-electron chi connectivity index (χ3n) is 16.5. The van der Waals surface area contributed by atoms with E-state index in [1.807, 2.05) is 0 Å². The van der Waals surface area contributed by atoms with Gasteiger partial charge in [0.05, 0.1) is 37.2 Å². The third kappa shape index (κ3) is 27.6. The number of carboxylic acids is 2. The number of aromatic hydroxyl groups is 2. The maximum Gasteiger partial charge on any atom is 0.326 e. The second-order valence-electron chi connectivity index (χ2n) is 24.6. The molecule has 0 bridgehead atoms. The quantitative estimate of drug-likeness (QED) is 0.0112. The van der Waals surface area contributed by atoms with E-state index in [0.29, 0.717) is 23.1 Å². The molecule has 3 aromatic carbocycles. The summed E-state index contributed by atoms with van der Waals surface area (Å²) in [7, 11) is 0. The molecule has 1 aliphatic rings. The van der Waals surface area contributed by atoms with E-state index in [-0.39, 0.29) is 101 Å². The summed E-state index contributed by atoms with van der Waals surface area (Å²) >= 11 is 0. The molecule has 1 saturated heterocycles. The van der Waals surface area contributed by atoms with Gasteiger partial charge in [0.15, 0.2) is 5.96 Å². The van der Waals surface area contributed by atoms with E-state index in [1.54, 1.807) is 30.3 Å². The van der Waals surface area contributed by atoms with Crippen molar-refractivity contribution in [3.63, 3.8) is 0 Å². The molecule has 1 fully saturated rings. The van der Waals surface area contributed by atoms with Gasteiger partial charge in [-0.05, 0) is 112 Å². The van der Waals surface area contributed by atoms with E-state index in [1.165, 1.54) is 61.1 Å². The van der Waals surface area contributed by atoms with Crippen LogP contribution in [0.5, 0.6) is 11.5 Å². The van der Waals surface area contributed by atoms with Gasteiger partial charge in [-0.2, -0.15) is 0 Å². The summed E-state index contributed by atoms with van der Waals surface area (Å²) in [6.07, 6.45) is -1.91. The molecule has 0 saturated carbocycles. The minimum Gasteiger partial charge on any atom is -0.508 e. The van der Waals surface area contributed by atoms with Crippen molar-refractivity contribution in [2.75, 3.05) is 26.2 Å². The lowest BCUT2D eigenvalue weighted by atomic mass is 10.0. The van der Waals surface area contributed by atoms with Gasteiger partial charge in [-0.15, -0.1) is 0 Å². The fourth-order valence-corrected chi connectivity index (χ4v) is 10.9. The lowest BCUT2D eigenvalue weighted by Crippen LogP contribution is -2.62. The number of benzene rings is 3. The Bertz CT molecular complexity index is 3550. The molecule has 11 amide bonds. The first-order chi connectivity index (χ1) is 49.0. The van der Waals surface area contributed by atoms with Gasteiger partial charge in [0.25, 0.3) is 0 Å². The molecule has 0 radical (unpaired) electrons. The molecule has 12 atom stereocenters. The molecule has 1 aromatic heterocycles.